The van der Waals surface area contributed by atoms with Gasteiger partial charge < -0.3 is 47.4 Å². The average Bonchev–Trinajstić information content (AvgIpc) is 3.35. The van der Waals surface area contributed by atoms with Crippen LogP contribution in [0.1, 0.15) is 41.5 Å². The Morgan fingerprint density at radius 3 is 1.97 bits per heavy atom. The van der Waals surface area contributed by atoms with Crippen molar-refractivity contribution in [1.82, 2.24) is 0 Å². The first-order chi connectivity index (χ1) is 17.3. The van der Waals surface area contributed by atoms with E-state index in [-0.39, 0.29) is 13.2 Å². The smallest absolute Gasteiger partial charge is 0.303 e. The van der Waals surface area contributed by atoms with Crippen molar-refractivity contribution in [3.05, 3.63) is 0 Å². The van der Waals surface area contributed by atoms with Crippen molar-refractivity contribution in [1.29, 1.82) is 0 Å². The number of carbonyl (C=O) groups excluding carboxylic acids is 4. The molecule has 0 radical (unpaired) electrons. The minimum Gasteiger partial charge on any atom is -0.463 e. The Morgan fingerprint density at radius 2 is 1.35 bits per heavy atom. The number of esters is 4. The molecule has 4 aliphatic heterocycles. The Kier molecular flexibility index (Phi) is 8.07. The lowest BCUT2D eigenvalue weighted by Gasteiger charge is -2.46. The molecule has 14 nitrogen and oxygen atoms in total. The number of carbonyl (C=O) groups is 4. The van der Waals surface area contributed by atoms with E-state index in [1.165, 1.54) is 6.92 Å². The van der Waals surface area contributed by atoms with Crippen molar-refractivity contribution < 1.29 is 66.5 Å². The van der Waals surface area contributed by atoms with E-state index in [2.05, 4.69) is 0 Å². The van der Waals surface area contributed by atoms with Crippen LogP contribution in [-0.4, -0.2) is 104 Å². The van der Waals surface area contributed by atoms with Crippen LogP contribution in [0, 0.1) is 0 Å². The summed E-state index contributed by atoms with van der Waals surface area (Å²) in [5, 5.41) is 0. The second kappa shape index (κ2) is 10.8. The number of rotatable bonds is 7. The minimum atomic E-state index is -1.38. The van der Waals surface area contributed by atoms with Gasteiger partial charge in [-0.25, -0.2) is 0 Å². The number of hydrogen-bond acceptors (Lipinski definition) is 14. The average molecular weight is 532 g/mol. The highest BCUT2D eigenvalue weighted by Crippen LogP contribution is 2.43. The van der Waals surface area contributed by atoms with Crippen LogP contribution in [0.3, 0.4) is 0 Å². The normalized spacial score (nSPS) is 39.8. The maximum Gasteiger partial charge on any atom is 0.303 e. The van der Waals surface area contributed by atoms with E-state index >= 15 is 0 Å². The van der Waals surface area contributed by atoms with Crippen LogP contribution < -0.4 is 0 Å². The summed E-state index contributed by atoms with van der Waals surface area (Å²) in [5.74, 6) is -3.77. The van der Waals surface area contributed by atoms with Gasteiger partial charge in [-0.2, -0.15) is 0 Å². The van der Waals surface area contributed by atoms with E-state index in [1.54, 1.807) is 13.8 Å². The van der Waals surface area contributed by atoms with Gasteiger partial charge in [-0.3, -0.25) is 19.2 Å². The molecule has 14 heteroatoms. The molecule has 0 aliphatic carbocycles. The highest BCUT2D eigenvalue weighted by atomic mass is 16.8. The molecule has 0 unspecified atom stereocenters. The minimum absolute atomic E-state index is 0.181. The van der Waals surface area contributed by atoms with Crippen LogP contribution in [0.25, 0.3) is 0 Å². The molecule has 0 aromatic carbocycles. The van der Waals surface area contributed by atoms with E-state index in [0.717, 1.165) is 20.8 Å². The molecule has 4 heterocycles. The number of fused-ring (bicyclic) bond motifs is 4. The third-order valence-corrected chi connectivity index (χ3v) is 6.10. The zero-order valence-electron chi connectivity index (χ0n) is 21.4. The summed E-state index contributed by atoms with van der Waals surface area (Å²) in [4.78, 5) is 47.5. The zero-order chi connectivity index (χ0) is 27.1. The summed E-state index contributed by atoms with van der Waals surface area (Å²) >= 11 is 0. The molecule has 37 heavy (non-hydrogen) atoms. The largest absolute Gasteiger partial charge is 0.463 e. The molecule has 0 aromatic rings. The van der Waals surface area contributed by atoms with Crippen LogP contribution in [-0.2, 0) is 66.5 Å². The van der Waals surface area contributed by atoms with Gasteiger partial charge in [0.05, 0.1) is 6.61 Å². The molecule has 0 spiro atoms. The van der Waals surface area contributed by atoms with Gasteiger partial charge in [-0.1, -0.05) is 0 Å². The maximum atomic E-state index is 12.1. The van der Waals surface area contributed by atoms with Crippen molar-refractivity contribution >= 4 is 23.9 Å². The highest BCUT2D eigenvalue weighted by Gasteiger charge is 2.61. The summed E-state index contributed by atoms with van der Waals surface area (Å²) in [5.41, 5.74) is 0. The first-order valence-corrected chi connectivity index (χ1v) is 11.9. The second-order valence-corrected chi connectivity index (χ2v) is 9.61. The first-order valence-electron chi connectivity index (χ1n) is 11.9. The molecule has 4 fully saturated rings. The van der Waals surface area contributed by atoms with E-state index in [1.807, 2.05) is 0 Å². The second-order valence-electron chi connectivity index (χ2n) is 9.61. The Morgan fingerprint density at radius 1 is 0.757 bits per heavy atom. The van der Waals surface area contributed by atoms with Crippen LogP contribution in [0.2, 0.25) is 0 Å². The van der Waals surface area contributed by atoms with Gasteiger partial charge in [0.15, 0.2) is 36.7 Å². The van der Waals surface area contributed by atoms with Crippen molar-refractivity contribution in [3.63, 3.8) is 0 Å². The van der Waals surface area contributed by atoms with Gasteiger partial charge in [0.1, 0.15) is 37.1 Å². The van der Waals surface area contributed by atoms with E-state index < -0.39 is 91.1 Å². The predicted octanol–water partition coefficient (Wildman–Crippen LogP) is -0.270. The summed E-state index contributed by atoms with van der Waals surface area (Å²) in [6, 6.07) is 0. The lowest BCUT2D eigenvalue weighted by molar-refractivity contribution is -0.335. The summed E-state index contributed by atoms with van der Waals surface area (Å²) < 4.78 is 57.4. The number of hydrogen-bond donors (Lipinski definition) is 0. The van der Waals surface area contributed by atoms with Crippen LogP contribution in [0.5, 0.6) is 0 Å². The molecule has 2 bridgehead atoms. The standard InChI is InChI=1S/C23H32O14/c1-9(24)28-7-13-15(30-10(2)25)17(31-11(3)26)19(32-12(4)27)22(34-13)35-16-14-8-29-21(33-14)20-18(16)36-23(5,6)37-20/h13-22H,7-8H2,1-6H3/t13-,14-,15-,16+,17-,18+,19-,20-,21-,22-/m0/s1. The van der Waals surface area contributed by atoms with Crippen LogP contribution >= 0.6 is 0 Å². The third kappa shape index (κ3) is 6.21. The number of ether oxygens (including phenoxy) is 10. The van der Waals surface area contributed by atoms with Crippen LogP contribution in [0.4, 0.5) is 0 Å². The summed E-state index contributed by atoms with van der Waals surface area (Å²) in [6.45, 7) is 7.93. The molecule has 10 atom stereocenters. The lowest BCUT2D eigenvalue weighted by atomic mass is 9.97. The van der Waals surface area contributed by atoms with Gasteiger partial charge >= 0.3 is 23.9 Å². The molecule has 208 valence electrons. The third-order valence-electron chi connectivity index (χ3n) is 6.10. The molecule has 0 amide bonds. The lowest BCUT2D eigenvalue weighted by Crippen LogP contribution is -2.65. The zero-order valence-corrected chi connectivity index (χ0v) is 21.4. The van der Waals surface area contributed by atoms with Crippen molar-refractivity contribution in [2.45, 2.75) is 109 Å². The Hall–Kier alpha value is -2.36. The highest BCUT2D eigenvalue weighted by molar-refractivity contribution is 5.68. The predicted molar refractivity (Wildman–Crippen MR) is 115 cm³/mol. The van der Waals surface area contributed by atoms with Crippen molar-refractivity contribution in [3.8, 4) is 0 Å². The topological polar surface area (TPSA) is 161 Å². The maximum absolute atomic E-state index is 12.1. The Labute approximate surface area is 213 Å². The Bertz CT molecular complexity index is 904. The quantitative estimate of drug-likeness (QED) is 0.311. The molecule has 4 aliphatic rings. The van der Waals surface area contributed by atoms with Crippen molar-refractivity contribution in [2.75, 3.05) is 13.2 Å². The van der Waals surface area contributed by atoms with Gasteiger partial charge in [0.2, 0.25) is 0 Å². The van der Waals surface area contributed by atoms with E-state index in [9.17, 15) is 19.2 Å². The van der Waals surface area contributed by atoms with Gasteiger partial charge in [0, 0.05) is 27.7 Å². The van der Waals surface area contributed by atoms with Gasteiger partial charge in [-0.05, 0) is 13.8 Å². The van der Waals surface area contributed by atoms with E-state index in [0.29, 0.717) is 0 Å². The molecule has 4 rings (SSSR count). The fraction of sp³-hybridized carbons (Fsp3) is 0.826. The summed E-state index contributed by atoms with van der Waals surface area (Å²) in [7, 11) is 0. The molecular formula is C23H32O14. The first kappa shape index (κ1) is 27.7. The SMILES string of the molecule is CC(=O)OC[C@@H]1O[C@@H](O[C@H]2[C@H]3OC(C)(C)O[C@@H]3[C@H]3OC[C@@H]2O3)[C@@H](OC(C)=O)[C@@H](OC(C)=O)[C@H]1OC(C)=O. The fourth-order valence-corrected chi connectivity index (χ4v) is 4.90. The fourth-order valence-electron chi connectivity index (χ4n) is 4.90. The Balaban J connectivity index is 1.66. The van der Waals surface area contributed by atoms with Gasteiger partial charge in [0.25, 0.3) is 0 Å². The molecule has 0 N–H and O–H groups in total. The monoisotopic (exact) mass is 532 g/mol. The molecule has 0 saturated carbocycles. The summed E-state index contributed by atoms with van der Waals surface area (Å²) in [6.07, 6.45) is -9.79. The molecule has 0 aromatic heterocycles. The van der Waals surface area contributed by atoms with E-state index in [4.69, 9.17) is 47.4 Å². The van der Waals surface area contributed by atoms with Crippen molar-refractivity contribution in [2.24, 2.45) is 0 Å². The molecule has 4 saturated heterocycles. The van der Waals surface area contributed by atoms with Gasteiger partial charge in [-0.15, -0.1) is 0 Å². The van der Waals surface area contributed by atoms with Crippen LogP contribution in [0.15, 0.2) is 0 Å². The molecular weight excluding hydrogens is 500 g/mol.